The largest absolute Gasteiger partial charge is 0.613 e. The summed E-state index contributed by atoms with van der Waals surface area (Å²) in [6.07, 6.45) is 6.47. The first kappa shape index (κ1) is 24.3. The predicted molar refractivity (Wildman–Crippen MR) is 121 cm³/mol. The van der Waals surface area contributed by atoms with E-state index in [0.29, 0.717) is 23.0 Å². The number of fused-ring (bicyclic) bond motifs is 1. The molecule has 2 fully saturated rings. The highest BCUT2D eigenvalue weighted by Crippen LogP contribution is 2.38. The third-order valence-corrected chi connectivity index (χ3v) is 6.47. The van der Waals surface area contributed by atoms with Gasteiger partial charge in [0, 0.05) is 6.04 Å². The van der Waals surface area contributed by atoms with E-state index in [1.165, 1.54) is 13.3 Å². The second-order valence-electron chi connectivity index (χ2n) is 8.08. The van der Waals surface area contributed by atoms with Crippen molar-refractivity contribution in [3.05, 3.63) is 6.33 Å². The minimum atomic E-state index is -2.42. The smallest absolute Gasteiger partial charge is 0.465 e. The summed E-state index contributed by atoms with van der Waals surface area (Å²) in [4.78, 5) is 24.6. The molecule has 1 aliphatic heterocycles. The van der Waals surface area contributed by atoms with Crippen molar-refractivity contribution in [2.24, 2.45) is 5.92 Å². The zero-order chi connectivity index (χ0) is 24.4. The predicted octanol–water partition coefficient (Wildman–Crippen LogP) is 0.706. The van der Waals surface area contributed by atoms with Crippen LogP contribution in [0.1, 0.15) is 32.9 Å². The van der Waals surface area contributed by atoms with Crippen molar-refractivity contribution >= 4 is 37.1 Å². The summed E-state index contributed by atoms with van der Waals surface area (Å²) in [7, 11) is -2.42. The molecule has 13 nitrogen and oxygen atoms in total. The van der Waals surface area contributed by atoms with Crippen LogP contribution in [0, 0.1) is 18.3 Å². The van der Waals surface area contributed by atoms with E-state index in [-0.39, 0.29) is 19.2 Å². The Morgan fingerprint density at radius 2 is 2.26 bits per heavy atom. The second kappa shape index (κ2) is 10.2. The topological polar surface area (TPSA) is 176 Å². The van der Waals surface area contributed by atoms with Gasteiger partial charge in [0.25, 0.3) is 0 Å². The number of nitrogens with one attached hydrogen (secondary N) is 2. The molecule has 0 amide bonds. The molecule has 1 saturated carbocycles. The molecule has 0 radical (unpaired) electrons. The molecule has 3 heterocycles. The van der Waals surface area contributed by atoms with Crippen LogP contribution in [-0.2, 0) is 23.4 Å². The van der Waals surface area contributed by atoms with Crippen molar-refractivity contribution in [2.75, 3.05) is 24.3 Å². The van der Waals surface area contributed by atoms with Crippen molar-refractivity contribution in [2.45, 2.75) is 57.2 Å². The van der Waals surface area contributed by atoms with Gasteiger partial charge in [-0.15, -0.1) is 10.9 Å². The van der Waals surface area contributed by atoms with Gasteiger partial charge < -0.3 is 25.6 Å². The van der Waals surface area contributed by atoms with Gasteiger partial charge in [0.05, 0.1) is 18.9 Å². The van der Waals surface area contributed by atoms with E-state index in [9.17, 15) is 14.5 Å². The highest BCUT2D eigenvalue weighted by Gasteiger charge is 2.46. The summed E-state index contributed by atoms with van der Waals surface area (Å²) in [6, 6.07) is -0.501. The van der Waals surface area contributed by atoms with Crippen LogP contribution >= 0.6 is 8.18 Å². The Labute approximate surface area is 196 Å². The van der Waals surface area contributed by atoms with Crippen LogP contribution in [0.4, 0.5) is 11.8 Å². The first-order valence-corrected chi connectivity index (χ1v) is 12.1. The number of imidazole rings is 1. The number of nitrogen functional groups attached to an aromatic ring is 1. The van der Waals surface area contributed by atoms with E-state index in [1.54, 1.807) is 11.5 Å². The van der Waals surface area contributed by atoms with Gasteiger partial charge in [-0.3, -0.25) is 9.36 Å². The van der Waals surface area contributed by atoms with E-state index in [1.807, 2.05) is 0 Å². The number of carbonyl (C=O) groups excluding carboxylic acids is 1. The zero-order valence-electron chi connectivity index (χ0n) is 18.7. The molecule has 1 aliphatic carbocycles. The molecule has 2 aliphatic rings. The molecule has 1 saturated heterocycles. The van der Waals surface area contributed by atoms with E-state index in [0.717, 1.165) is 12.8 Å². The van der Waals surface area contributed by atoms with E-state index >= 15 is 0 Å². The van der Waals surface area contributed by atoms with Crippen LogP contribution in [-0.4, -0.2) is 68.1 Å². The average molecular weight is 492 g/mol. The normalized spacial score (nSPS) is 25.6. The summed E-state index contributed by atoms with van der Waals surface area (Å²) in [5.41, 5.74) is 6.82. The summed E-state index contributed by atoms with van der Waals surface area (Å²) in [5.74, 6) is 1.83. The van der Waals surface area contributed by atoms with Crippen molar-refractivity contribution in [3.8, 4) is 12.3 Å². The van der Waals surface area contributed by atoms with E-state index in [2.05, 4.69) is 31.3 Å². The number of esters is 1. The molecule has 14 heteroatoms. The lowest BCUT2D eigenvalue weighted by Gasteiger charge is -2.17. The van der Waals surface area contributed by atoms with Crippen molar-refractivity contribution in [1.82, 2.24) is 24.6 Å². The van der Waals surface area contributed by atoms with Gasteiger partial charge in [0.1, 0.15) is 24.9 Å². The Kier molecular flexibility index (Phi) is 7.25. The number of nitrogens with zero attached hydrogens (tertiary/aromatic N) is 4. The molecule has 2 aromatic heterocycles. The maximum atomic E-state index is 12.2. The summed E-state index contributed by atoms with van der Waals surface area (Å²) < 4.78 is 29.9. The first-order chi connectivity index (χ1) is 16.3. The van der Waals surface area contributed by atoms with Crippen LogP contribution in [0.2, 0.25) is 0 Å². The minimum Gasteiger partial charge on any atom is -0.465 e. The summed E-state index contributed by atoms with van der Waals surface area (Å²) in [6.45, 7) is 3.15. The zero-order valence-corrected chi connectivity index (χ0v) is 19.6. The molecule has 2 unspecified atom stereocenters. The van der Waals surface area contributed by atoms with Gasteiger partial charge in [0.15, 0.2) is 23.2 Å². The standard InChI is InChI=1S/C20H27N7O6P/c1-4-12-15(28)13(8-32-34(30)26-10(3)19(29)31-5-2)33-18(12)27-9-22-14-16(23-11-6-7-11)24-20(21)25-17(14)27/h1,9-13,15,18,28H,5-8H2,2-3H3,(H,26,30)(H3,21,23,24,25)/q+1/t10?,12-,13+,15-,18+/m0/s1. The highest BCUT2D eigenvalue weighted by molar-refractivity contribution is 7.36. The monoisotopic (exact) mass is 492 g/mol. The number of hydrogen-bond acceptors (Lipinski definition) is 11. The van der Waals surface area contributed by atoms with Gasteiger partial charge in [-0.2, -0.15) is 9.97 Å². The molecule has 6 atom stereocenters. The van der Waals surface area contributed by atoms with Crippen LogP contribution in [0.3, 0.4) is 0 Å². The number of aliphatic hydroxyl groups is 1. The minimum absolute atomic E-state index is 0.0619. The molecule has 34 heavy (non-hydrogen) atoms. The third kappa shape index (κ3) is 5.11. The lowest BCUT2D eigenvalue weighted by atomic mass is 10.0. The third-order valence-electron chi connectivity index (χ3n) is 5.49. The maximum absolute atomic E-state index is 12.2. The highest BCUT2D eigenvalue weighted by atomic mass is 31.1. The number of carbonyl (C=O) groups is 1. The fourth-order valence-electron chi connectivity index (χ4n) is 3.60. The summed E-state index contributed by atoms with van der Waals surface area (Å²) in [5, 5.41) is 16.5. The van der Waals surface area contributed by atoms with Crippen LogP contribution in [0.5, 0.6) is 0 Å². The van der Waals surface area contributed by atoms with Gasteiger partial charge in [0.2, 0.25) is 5.95 Å². The number of aliphatic hydroxyl groups excluding tert-OH is 1. The molecule has 0 aromatic carbocycles. The van der Waals surface area contributed by atoms with Crippen LogP contribution in [0.25, 0.3) is 11.2 Å². The van der Waals surface area contributed by atoms with Crippen LogP contribution in [0.15, 0.2) is 6.33 Å². The number of terminal acetylenes is 1. The Balaban J connectivity index is 1.46. The lowest BCUT2D eigenvalue weighted by molar-refractivity contribution is -0.144. The maximum Gasteiger partial charge on any atom is 0.613 e. The molecular formula is C20H27N7O6P+. The molecule has 182 valence electrons. The number of rotatable bonds is 10. The fraction of sp³-hybridized carbons (Fsp3) is 0.600. The second-order valence-corrected chi connectivity index (χ2v) is 9.11. The molecular weight excluding hydrogens is 465 g/mol. The lowest BCUT2D eigenvalue weighted by Crippen LogP contribution is -2.33. The Morgan fingerprint density at radius 3 is 2.94 bits per heavy atom. The molecule has 0 spiro atoms. The SMILES string of the molecule is C#C[C@H]1[C@H](O)[C@@H](CO[P+](=O)NC(C)C(=O)OCC)O[C@H]1n1cnc2c(NC3CC3)nc(N)nc21. The van der Waals surface area contributed by atoms with E-state index < -0.39 is 44.5 Å². The first-order valence-electron chi connectivity index (χ1n) is 10.9. The van der Waals surface area contributed by atoms with Gasteiger partial charge in [-0.05, 0) is 31.3 Å². The van der Waals surface area contributed by atoms with Gasteiger partial charge in [-0.1, -0.05) is 11.0 Å². The number of ether oxygens (including phenoxy) is 2. The quantitative estimate of drug-likeness (QED) is 0.208. The Morgan fingerprint density at radius 1 is 1.50 bits per heavy atom. The van der Waals surface area contributed by atoms with Crippen molar-refractivity contribution in [3.63, 3.8) is 0 Å². The molecule has 4 rings (SSSR count). The average Bonchev–Trinajstić information content (AvgIpc) is 3.42. The van der Waals surface area contributed by atoms with Crippen LogP contribution < -0.4 is 16.1 Å². The molecule has 5 N–H and O–H groups in total. The Hall–Kier alpha value is -2.88. The van der Waals surface area contributed by atoms with Crippen molar-refractivity contribution < 1.29 is 28.5 Å². The number of anilines is 2. The number of hydrogen-bond donors (Lipinski definition) is 4. The van der Waals surface area contributed by atoms with E-state index in [4.69, 9.17) is 26.2 Å². The fourth-order valence-corrected chi connectivity index (χ4v) is 4.38. The molecule has 2 aromatic rings. The number of aromatic nitrogens is 4. The van der Waals surface area contributed by atoms with Crippen molar-refractivity contribution in [1.29, 1.82) is 0 Å². The van der Waals surface area contributed by atoms with Gasteiger partial charge >= 0.3 is 14.1 Å². The van der Waals surface area contributed by atoms with Gasteiger partial charge in [-0.25, -0.2) is 4.98 Å². The summed E-state index contributed by atoms with van der Waals surface area (Å²) >= 11 is 0. The Bertz CT molecular complexity index is 1120. The number of nitrogens with two attached hydrogens (primary N) is 1. The molecule has 0 bridgehead atoms.